The Balaban J connectivity index is 1.67. The fraction of sp³-hybridized carbons (Fsp3) is 0.250. The molecule has 0 aliphatic carbocycles. The Morgan fingerprint density at radius 2 is 1.97 bits per heavy atom. The second-order valence-electron chi connectivity index (χ2n) is 6.27. The molecule has 1 N–H and O–H groups in total. The lowest BCUT2D eigenvalue weighted by atomic mass is 10.2. The molecule has 1 heterocycles. The molecule has 0 spiro atoms. The minimum Gasteiger partial charge on any atom is -0.494 e. The first-order chi connectivity index (χ1) is 14.9. The van der Waals surface area contributed by atoms with Crippen LogP contribution in [0, 0.1) is 10.1 Å². The Kier molecular flexibility index (Phi) is 7.48. The lowest BCUT2D eigenvalue weighted by Crippen LogP contribution is -2.14. The first-order valence-electron chi connectivity index (χ1n) is 9.46. The second-order valence-corrected chi connectivity index (χ2v) is 7.62. The summed E-state index contributed by atoms with van der Waals surface area (Å²) in [6.45, 7) is 5.12. The molecule has 1 amide bonds. The van der Waals surface area contributed by atoms with E-state index in [1.54, 1.807) is 0 Å². The molecule has 11 heteroatoms. The third-order valence-electron chi connectivity index (χ3n) is 4.22. The summed E-state index contributed by atoms with van der Waals surface area (Å²) < 4.78 is 7.38. The van der Waals surface area contributed by atoms with Crippen LogP contribution < -0.4 is 10.1 Å². The van der Waals surface area contributed by atoms with E-state index in [0.717, 1.165) is 11.3 Å². The van der Waals surface area contributed by atoms with Gasteiger partial charge in [-0.3, -0.25) is 14.9 Å². The van der Waals surface area contributed by atoms with Gasteiger partial charge in [0.25, 0.3) is 5.69 Å². The molecule has 9 nitrogen and oxygen atoms in total. The normalized spacial score (nSPS) is 10.7. The Hall–Kier alpha value is -3.11. The number of amides is 1. The van der Waals surface area contributed by atoms with Crippen molar-refractivity contribution in [3.63, 3.8) is 0 Å². The molecule has 0 fully saturated rings. The van der Waals surface area contributed by atoms with Crippen molar-refractivity contribution in [2.24, 2.45) is 0 Å². The van der Waals surface area contributed by atoms with Crippen LogP contribution in [0.2, 0.25) is 5.02 Å². The number of benzene rings is 2. The summed E-state index contributed by atoms with van der Waals surface area (Å²) in [7, 11) is 0. The average Bonchev–Trinajstić information content (AvgIpc) is 3.17. The Bertz CT molecular complexity index is 1090. The van der Waals surface area contributed by atoms with E-state index in [2.05, 4.69) is 15.5 Å². The van der Waals surface area contributed by atoms with Crippen molar-refractivity contribution in [1.29, 1.82) is 0 Å². The lowest BCUT2D eigenvalue weighted by molar-refractivity contribution is -0.384. The van der Waals surface area contributed by atoms with Gasteiger partial charge in [0.05, 0.1) is 17.3 Å². The number of carbonyl (C=O) groups excluding carboxylic acids is 1. The van der Waals surface area contributed by atoms with Crippen LogP contribution in [-0.2, 0) is 11.3 Å². The van der Waals surface area contributed by atoms with E-state index in [1.165, 1.54) is 30.0 Å². The van der Waals surface area contributed by atoms with E-state index in [-0.39, 0.29) is 22.4 Å². The Labute approximate surface area is 187 Å². The summed E-state index contributed by atoms with van der Waals surface area (Å²) in [4.78, 5) is 22.7. The van der Waals surface area contributed by atoms with E-state index in [4.69, 9.17) is 16.3 Å². The number of halogens is 1. The zero-order valence-electron chi connectivity index (χ0n) is 16.9. The first kappa shape index (κ1) is 22.6. The van der Waals surface area contributed by atoms with Crippen molar-refractivity contribution in [1.82, 2.24) is 14.8 Å². The Morgan fingerprint density at radius 1 is 1.23 bits per heavy atom. The van der Waals surface area contributed by atoms with Gasteiger partial charge in [-0.1, -0.05) is 23.4 Å². The number of hydrogen-bond acceptors (Lipinski definition) is 7. The van der Waals surface area contributed by atoms with Gasteiger partial charge in [-0.05, 0) is 50.2 Å². The smallest absolute Gasteiger partial charge is 0.289 e. The predicted molar refractivity (Wildman–Crippen MR) is 120 cm³/mol. The molecule has 0 bridgehead atoms. The largest absolute Gasteiger partial charge is 0.494 e. The summed E-state index contributed by atoms with van der Waals surface area (Å²) in [5.41, 5.74) is 0.925. The number of aromatic nitrogens is 3. The molecule has 3 rings (SSSR count). The molecule has 0 aliphatic rings. The molecule has 0 radical (unpaired) electrons. The molecule has 0 atom stereocenters. The zero-order valence-corrected chi connectivity index (χ0v) is 18.4. The number of ether oxygens (including phenoxy) is 1. The third kappa shape index (κ3) is 5.53. The number of rotatable bonds is 9. The number of nitrogens with zero attached hydrogens (tertiary/aromatic N) is 4. The molecule has 0 unspecified atom stereocenters. The van der Waals surface area contributed by atoms with Crippen molar-refractivity contribution in [3.8, 4) is 17.1 Å². The van der Waals surface area contributed by atoms with Crippen molar-refractivity contribution < 1.29 is 14.5 Å². The van der Waals surface area contributed by atoms with Crippen molar-refractivity contribution >= 4 is 40.6 Å². The summed E-state index contributed by atoms with van der Waals surface area (Å²) in [5, 5.41) is 22.7. The maximum atomic E-state index is 12.3. The van der Waals surface area contributed by atoms with E-state index in [1.807, 2.05) is 42.7 Å². The van der Waals surface area contributed by atoms with Crippen LogP contribution in [0.15, 0.2) is 47.6 Å². The summed E-state index contributed by atoms with van der Waals surface area (Å²) >= 11 is 7.03. The van der Waals surface area contributed by atoms with Gasteiger partial charge >= 0.3 is 0 Å². The predicted octanol–water partition coefficient (Wildman–Crippen LogP) is 4.66. The molecule has 0 saturated heterocycles. The average molecular weight is 462 g/mol. The van der Waals surface area contributed by atoms with Crippen LogP contribution in [0.25, 0.3) is 11.4 Å². The van der Waals surface area contributed by atoms with E-state index in [0.29, 0.717) is 29.8 Å². The molecule has 0 saturated carbocycles. The van der Waals surface area contributed by atoms with Crippen molar-refractivity contribution in [3.05, 3.63) is 57.6 Å². The molecule has 2 aromatic carbocycles. The number of nitro benzene ring substituents is 1. The van der Waals surface area contributed by atoms with Gasteiger partial charge in [-0.2, -0.15) is 0 Å². The lowest BCUT2D eigenvalue weighted by Gasteiger charge is -2.09. The molecule has 31 heavy (non-hydrogen) atoms. The van der Waals surface area contributed by atoms with E-state index in [9.17, 15) is 14.9 Å². The van der Waals surface area contributed by atoms with Crippen LogP contribution in [0.3, 0.4) is 0 Å². The van der Waals surface area contributed by atoms with Crippen LogP contribution in [-0.4, -0.2) is 38.0 Å². The molecule has 162 valence electrons. The highest BCUT2D eigenvalue weighted by atomic mass is 35.5. The third-order valence-corrected chi connectivity index (χ3v) is 5.50. The molecule has 1 aromatic heterocycles. The van der Waals surface area contributed by atoms with Gasteiger partial charge in [0.15, 0.2) is 11.0 Å². The van der Waals surface area contributed by atoms with Crippen molar-refractivity contribution in [2.75, 3.05) is 17.7 Å². The van der Waals surface area contributed by atoms with E-state index < -0.39 is 4.92 Å². The topological polar surface area (TPSA) is 112 Å². The standard InChI is InChI=1S/C20H20ClN5O4S/c1-3-25-19(13-5-8-15(9-6-13)30-4-2)23-24-20(25)31-12-18(27)22-14-7-10-16(21)17(11-14)26(28)29/h5-11H,3-4,12H2,1-2H3,(H,22,27). The number of thioether (sulfide) groups is 1. The SMILES string of the molecule is CCOc1ccc(-c2nnc(SCC(=O)Nc3ccc(Cl)c([N+](=O)[O-])c3)n2CC)cc1. The zero-order chi connectivity index (χ0) is 22.4. The number of hydrogen-bond donors (Lipinski definition) is 1. The minimum atomic E-state index is -0.598. The number of nitro groups is 1. The van der Waals surface area contributed by atoms with Crippen LogP contribution in [0.5, 0.6) is 5.75 Å². The maximum absolute atomic E-state index is 12.3. The second kappa shape index (κ2) is 10.3. The van der Waals surface area contributed by atoms with Crippen molar-refractivity contribution in [2.45, 2.75) is 25.5 Å². The van der Waals surface area contributed by atoms with Gasteiger partial charge < -0.3 is 14.6 Å². The summed E-state index contributed by atoms with van der Waals surface area (Å²) in [6.07, 6.45) is 0. The van der Waals surface area contributed by atoms with Crippen LogP contribution in [0.4, 0.5) is 11.4 Å². The van der Waals surface area contributed by atoms with Gasteiger partial charge in [0.1, 0.15) is 10.8 Å². The van der Waals surface area contributed by atoms with E-state index >= 15 is 0 Å². The van der Waals surface area contributed by atoms with Gasteiger partial charge in [-0.15, -0.1) is 10.2 Å². The maximum Gasteiger partial charge on any atom is 0.289 e. The summed E-state index contributed by atoms with van der Waals surface area (Å²) in [5.74, 6) is 1.22. The number of carbonyl (C=O) groups is 1. The molecular formula is C20H20ClN5O4S. The minimum absolute atomic E-state index is 0.00948. The molecule has 3 aromatic rings. The highest BCUT2D eigenvalue weighted by Crippen LogP contribution is 2.28. The number of anilines is 1. The first-order valence-corrected chi connectivity index (χ1v) is 10.8. The fourth-order valence-corrected chi connectivity index (χ4v) is 3.81. The number of nitrogens with one attached hydrogen (secondary N) is 1. The quantitative estimate of drug-likeness (QED) is 0.280. The van der Waals surface area contributed by atoms with Crippen LogP contribution >= 0.6 is 23.4 Å². The monoisotopic (exact) mass is 461 g/mol. The summed E-state index contributed by atoms with van der Waals surface area (Å²) in [6, 6.07) is 11.7. The van der Waals surface area contributed by atoms with Gasteiger partial charge in [0, 0.05) is 23.9 Å². The highest BCUT2D eigenvalue weighted by Gasteiger charge is 2.17. The Morgan fingerprint density at radius 3 is 2.61 bits per heavy atom. The molecular weight excluding hydrogens is 442 g/mol. The van der Waals surface area contributed by atoms with Crippen LogP contribution in [0.1, 0.15) is 13.8 Å². The van der Waals surface area contributed by atoms with Gasteiger partial charge in [0.2, 0.25) is 5.91 Å². The van der Waals surface area contributed by atoms with Gasteiger partial charge in [-0.25, -0.2) is 0 Å². The fourth-order valence-electron chi connectivity index (χ4n) is 2.82. The molecule has 0 aliphatic heterocycles. The highest BCUT2D eigenvalue weighted by molar-refractivity contribution is 7.99.